The predicted molar refractivity (Wildman–Crippen MR) is 81.4 cm³/mol. The molecule has 1 atom stereocenters. The minimum atomic E-state index is 0.123. The van der Waals surface area contributed by atoms with Crippen LogP contribution in [0.5, 0.6) is 0 Å². The lowest BCUT2D eigenvalue weighted by Gasteiger charge is -2.29. The van der Waals surface area contributed by atoms with E-state index in [4.69, 9.17) is 4.74 Å². The minimum absolute atomic E-state index is 0.123. The van der Waals surface area contributed by atoms with Crippen molar-refractivity contribution in [3.63, 3.8) is 0 Å². The summed E-state index contributed by atoms with van der Waals surface area (Å²) in [4.78, 5) is 21.2. The van der Waals surface area contributed by atoms with Crippen molar-refractivity contribution in [2.75, 3.05) is 38.2 Å². The van der Waals surface area contributed by atoms with Crippen LogP contribution < -0.4 is 4.90 Å². The fraction of sp³-hybridized carbons (Fsp3) is 0.786. The Kier molecular flexibility index (Phi) is 4.70. The number of amides is 1. The van der Waals surface area contributed by atoms with E-state index in [1.54, 1.807) is 7.11 Å². The lowest BCUT2D eigenvalue weighted by molar-refractivity contribution is -0.135. The summed E-state index contributed by atoms with van der Waals surface area (Å²) in [5.74, 6) is 1.18. The van der Waals surface area contributed by atoms with Crippen molar-refractivity contribution in [1.29, 1.82) is 0 Å². The highest BCUT2D eigenvalue weighted by molar-refractivity contribution is 7.09. The van der Waals surface area contributed by atoms with E-state index in [-0.39, 0.29) is 5.92 Å². The molecule has 0 aromatic carbocycles. The predicted octanol–water partition coefficient (Wildman–Crippen LogP) is 1.52. The molecule has 1 amide bonds. The maximum atomic E-state index is 12.5. The van der Waals surface area contributed by atoms with Gasteiger partial charge in [-0.25, -0.2) is 4.98 Å². The zero-order valence-corrected chi connectivity index (χ0v) is 13.3. The van der Waals surface area contributed by atoms with E-state index in [9.17, 15) is 4.79 Å². The van der Waals surface area contributed by atoms with Gasteiger partial charge in [-0.15, -0.1) is 0 Å². The van der Waals surface area contributed by atoms with Crippen LogP contribution >= 0.6 is 11.5 Å². The van der Waals surface area contributed by atoms with Gasteiger partial charge in [0.15, 0.2) is 5.82 Å². The van der Waals surface area contributed by atoms with Crippen molar-refractivity contribution in [3.05, 3.63) is 5.82 Å². The first-order valence-electron chi connectivity index (χ1n) is 7.63. The van der Waals surface area contributed by atoms with Gasteiger partial charge in [0.1, 0.15) is 6.61 Å². The molecule has 0 aliphatic carbocycles. The van der Waals surface area contributed by atoms with Crippen molar-refractivity contribution in [3.8, 4) is 0 Å². The molecule has 0 radical (unpaired) electrons. The second-order valence-corrected chi connectivity index (χ2v) is 6.47. The molecule has 0 saturated carbocycles. The number of aromatic nitrogens is 2. The molecule has 0 N–H and O–H groups in total. The number of methoxy groups -OCH3 is 1. The number of carbonyl (C=O) groups excluding carboxylic acids is 1. The standard InChI is InChI=1S/C14H22N4O2S/c1-20-10-12-15-14(21-16-12)18-8-5-11(9-18)13(19)17-6-3-2-4-7-17/h11H,2-10H2,1H3. The number of anilines is 1. The Balaban J connectivity index is 1.57. The molecule has 0 bridgehead atoms. The number of rotatable bonds is 4. The summed E-state index contributed by atoms with van der Waals surface area (Å²) in [5.41, 5.74) is 0. The Morgan fingerprint density at radius 3 is 2.90 bits per heavy atom. The molecule has 6 nitrogen and oxygen atoms in total. The molecule has 1 unspecified atom stereocenters. The van der Waals surface area contributed by atoms with E-state index in [1.165, 1.54) is 18.0 Å². The molecular formula is C14H22N4O2S. The quantitative estimate of drug-likeness (QED) is 0.844. The molecule has 2 fully saturated rings. The first kappa shape index (κ1) is 14.7. The van der Waals surface area contributed by atoms with Gasteiger partial charge >= 0.3 is 0 Å². The lowest BCUT2D eigenvalue weighted by Crippen LogP contribution is -2.40. The molecule has 1 aromatic rings. The van der Waals surface area contributed by atoms with Crippen LogP contribution in [-0.4, -0.2) is 53.5 Å². The van der Waals surface area contributed by atoms with Crippen molar-refractivity contribution in [1.82, 2.24) is 14.3 Å². The summed E-state index contributed by atoms with van der Waals surface area (Å²) in [6.45, 7) is 3.99. The van der Waals surface area contributed by atoms with E-state index >= 15 is 0 Å². The number of carbonyl (C=O) groups is 1. The zero-order valence-electron chi connectivity index (χ0n) is 12.5. The molecular weight excluding hydrogens is 288 g/mol. The average Bonchev–Trinajstić information content (AvgIpc) is 3.16. The first-order valence-corrected chi connectivity index (χ1v) is 8.40. The first-order chi connectivity index (χ1) is 10.3. The van der Waals surface area contributed by atoms with Gasteiger partial charge in [0.05, 0.1) is 5.92 Å². The van der Waals surface area contributed by atoms with Gasteiger partial charge in [0.25, 0.3) is 0 Å². The fourth-order valence-corrected chi connectivity index (χ4v) is 3.78. The number of nitrogens with zero attached hydrogens (tertiary/aromatic N) is 4. The van der Waals surface area contributed by atoms with Gasteiger partial charge in [-0.3, -0.25) is 4.79 Å². The van der Waals surface area contributed by atoms with Gasteiger partial charge in [0, 0.05) is 44.8 Å². The highest BCUT2D eigenvalue weighted by Gasteiger charge is 2.33. The number of ether oxygens (including phenoxy) is 1. The number of hydrogen-bond donors (Lipinski definition) is 0. The molecule has 2 aliphatic rings. The number of likely N-dealkylation sites (tertiary alicyclic amines) is 1. The third-order valence-corrected chi connectivity index (χ3v) is 5.02. The Morgan fingerprint density at radius 2 is 2.14 bits per heavy atom. The number of piperidine rings is 1. The Morgan fingerprint density at radius 1 is 1.33 bits per heavy atom. The molecule has 1 aromatic heterocycles. The van der Waals surface area contributed by atoms with Crippen LogP contribution in [0.2, 0.25) is 0 Å². The lowest BCUT2D eigenvalue weighted by atomic mass is 10.0. The highest BCUT2D eigenvalue weighted by atomic mass is 32.1. The summed E-state index contributed by atoms with van der Waals surface area (Å²) in [5, 5.41) is 0.913. The van der Waals surface area contributed by atoms with Crippen LogP contribution in [0.3, 0.4) is 0 Å². The van der Waals surface area contributed by atoms with E-state index in [1.807, 2.05) is 4.90 Å². The molecule has 3 rings (SSSR count). The summed E-state index contributed by atoms with van der Waals surface area (Å²) in [6.07, 6.45) is 4.49. The smallest absolute Gasteiger partial charge is 0.227 e. The van der Waals surface area contributed by atoms with Crippen LogP contribution in [0, 0.1) is 5.92 Å². The van der Waals surface area contributed by atoms with Crippen molar-refractivity contribution >= 4 is 22.6 Å². The van der Waals surface area contributed by atoms with Crippen LogP contribution in [0.15, 0.2) is 0 Å². The van der Waals surface area contributed by atoms with Crippen LogP contribution in [0.4, 0.5) is 5.13 Å². The van der Waals surface area contributed by atoms with Gasteiger partial charge in [-0.2, -0.15) is 4.37 Å². The second-order valence-electron chi connectivity index (χ2n) is 5.74. The van der Waals surface area contributed by atoms with Crippen molar-refractivity contribution < 1.29 is 9.53 Å². The Labute approximate surface area is 129 Å². The third kappa shape index (κ3) is 3.35. The molecule has 3 heterocycles. The minimum Gasteiger partial charge on any atom is -0.377 e. The molecule has 2 saturated heterocycles. The van der Waals surface area contributed by atoms with E-state index < -0.39 is 0 Å². The molecule has 0 spiro atoms. The van der Waals surface area contributed by atoms with E-state index in [0.29, 0.717) is 12.5 Å². The Hall–Kier alpha value is -1.21. The maximum Gasteiger partial charge on any atom is 0.227 e. The topological polar surface area (TPSA) is 58.6 Å². The van der Waals surface area contributed by atoms with Crippen LogP contribution in [0.25, 0.3) is 0 Å². The van der Waals surface area contributed by atoms with Crippen LogP contribution in [0.1, 0.15) is 31.5 Å². The van der Waals surface area contributed by atoms with Gasteiger partial charge in [0.2, 0.25) is 11.0 Å². The summed E-state index contributed by atoms with van der Waals surface area (Å²) in [6, 6.07) is 0. The van der Waals surface area contributed by atoms with Crippen LogP contribution in [-0.2, 0) is 16.1 Å². The maximum absolute atomic E-state index is 12.5. The fourth-order valence-electron chi connectivity index (χ4n) is 3.07. The third-order valence-electron chi connectivity index (χ3n) is 4.21. The summed E-state index contributed by atoms with van der Waals surface area (Å²) < 4.78 is 9.32. The van der Waals surface area contributed by atoms with E-state index in [0.717, 1.165) is 56.4 Å². The molecule has 116 valence electrons. The largest absolute Gasteiger partial charge is 0.377 e. The van der Waals surface area contributed by atoms with Crippen molar-refractivity contribution in [2.24, 2.45) is 5.92 Å². The van der Waals surface area contributed by atoms with Gasteiger partial charge in [-0.1, -0.05) is 0 Å². The van der Waals surface area contributed by atoms with Gasteiger partial charge < -0.3 is 14.5 Å². The Bertz CT molecular complexity index is 487. The zero-order chi connectivity index (χ0) is 14.7. The van der Waals surface area contributed by atoms with Crippen molar-refractivity contribution in [2.45, 2.75) is 32.3 Å². The SMILES string of the molecule is COCc1nsc(N2CCC(C(=O)N3CCCCC3)C2)n1. The number of hydrogen-bond acceptors (Lipinski definition) is 6. The normalized spacial score (nSPS) is 22.8. The molecule has 21 heavy (non-hydrogen) atoms. The second kappa shape index (κ2) is 6.70. The van der Waals surface area contributed by atoms with Gasteiger partial charge in [-0.05, 0) is 25.7 Å². The monoisotopic (exact) mass is 310 g/mol. The molecule has 2 aliphatic heterocycles. The molecule has 7 heteroatoms. The van der Waals surface area contributed by atoms with E-state index in [2.05, 4.69) is 14.3 Å². The average molecular weight is 310 g/mol. The summed E-state index contributed by atoms with van der Waals surface area (Å²) >= 11 is 1.40. The summed E-state index contributed by atoms with van der Waals surface area (Å²) in [7, 11) is 1.64. The highest BCUT2D eigenvalue weighted by Crippen LogP contribution is 2.27.